The molecule has 0 aromatic carbocycles. The van der Waals surface area contributed by atoms with Crippen molar-refractivity contribution in [3.63, 3.8) is 0 Å². The molecule has 28 nitrogen and oxygen atoms in total. The third kappa shape index (κ3) is 13.2. The van der Waals surface area contributed by atoms with Crippen LogP contribution in [-0.4, -0.2) is 195 Å². The van der Waals surface area contributed by atoms with E-state index in [0.717, 1.165) is 16.8 Å². The van der Waals surface area contributed by atoms with Gasteiger partial charge in [-0.15, -0.1) is 0 Å². The van der Waals surface area contributed by atoms with E-state index >= 15 is 0 Å². The van der Waals surface area contributed by atoms with Gasteiger partial charge in [0.25, 0.3) is 5.56 Å². The number of rotatable bonds is 23. The Morgan fingerprint density at radius 1 is 0.924 bits per heavy atom. The molecule has 10 unspecified atom stereocenters. The van der Waals surface area contributed by atoms with Crippen LogP contribution in [0.4, 0.5) is 4.79 Å². The molecule has 15 atom stereocenters. The van der Waals surface area contributed by atoms with Gasteiger partial charge in [-0.2, -0.15) is 0 Å². The number of H-pyrrole nitrogens is 1. The van der Waals surface area contributed by atoms with E-state index in [1.54, 1.807) is 27.7 Å². The van der Waals surface area contributed by atoms with Gasteiger partial charge in [0.15, 0.2) is 18.5 Å². The lowest BCUT2D eigenvalue weighted by atomic mass is 9.97. The molecule has 0 radical (unpaired) electrons. The SMILES string of the molecule is CO[C@H]1[C@H](OC(C(NCCCNC(=O)C(NC(=O)C(NC(=O)NC(C(=O)O)C(C)C)C2CCN=C(N)N2)C(O)C(C)C)C(=O)O)C2O[C@@H](n3ccc(=O)[nH]c3=O)C(O)C2O)O[C@H](CN)[C@H]1O. The lowest BCUT2D eigenvalue weighted by Crippen LogP contribution is -2.66. The average Bonchev–Trinajstić information content (AvgIpc) is 3.72. The van der Waals surface area contributed by atoms with E-state index in [2.05, 4.69) is 36.9 Å². The third-order valence-electron chi connectivity index (χ3n) is 11.3. The number of aliphatic imine (C=N–C) groups is 1. The maximum absolute atomic E-state index is 13.9. The molecule has 2 saturated heterocycles. The molecule has 1 aromatic rings. The van der Waals surface area contributed by atoms with Crippen LogP contribution in [0.5, 0.6) is 0 Å². The van der Waals surface area contributed by atoms with Crippen LogP contribution in [0.2, 0.25) is 0 Å². The van der Waals surface area contributed by atoms with Gasteiger partial charge in [0, 0.05) is 39.0 Å². The summed E-state index contributed by atoms with van der Waals surface area (Å²) in [6, 6.07) is -7.11. The molecule has 3 aliphatic heterocycles. The molecule has 0 saturated carbocycles. The van der Waals surface area contributed by atoms with Crippen molar-refractivity contribution in [2.45, 2.75) is 132 Å². The van der Waals surface area contributed by atoms with E-state index in [0.29, 0.717) is 0 Å². The number of hydrogen-bond donors (Lipinski definition) is 15. The summed E-state index contributed by atoms with van der Waals surface area (Å²) >= 11 is 0. The zero-order chi connectivity index (χ0) is 49.2. The monoisotopic (exact) mass is 945 g/mol. The fraction of sp³-hybridized carbons (Fsp3) is 0.737. The van der Waals surface area contributed by atoms with Crippen LogP contribution in [0, 0.1) is 11.8 Å². The van der Waals surface area contributed by atoms with E-state index in [1.807, 2.05) is 4.98 Å². The first-order valence-electron chi connectivity index (χ1n) is 21.2. The number of nitrogens with one attached hydrogen (secondary N) is 7. The third-order valence-corrected chi connectivity index (χ3v) is 11.3. The van der Waals surface area contributed by atoms with Crippen LogP contribution in [0.1, 0.15) is 46.8 Å². The number of methoxy groups -OCH3 is 1. The van der Waals surface area contributed by atoms with Gasteiger partial charge < -0.3 is 93.0 Å². The van der Waals surface area contributed by atoms with E-state index in [4.69, 9.17) is 30.4 Å². The summed E-state index contributed by atoms with van der Waals surface area (Å²) in [5, 5.41) is 79.5. The number of nitrogens with zero attached hydrogens (tertiary/aromatic N) is 2. The van der Waals surface area contributed by atoms with Crippen molar-refractivity contribution < 1.29 is 73.6 Å². The topological polar surface area (TPSA) is 435 Å². The Labute approximate surface area is 377 Å². The number of aliphatic carboxylic acids is 2. The second-order valence-corrected chi connectivity index (χ2v) is 16.7. The van der Waals surface area contributed by atoms with Crippen LogP contribution in [0.3, 0.4) is 0 Å². The predicted molar refractivity (Wildman–Crippen MR) is 226 cm³/mol. The van der Waals surface area contributed by atoms with Crippen molar-refractivity contribution in [2.75, 3.05) is 33.3 Å². The fourth-order valence-electron chi connectivity index (χ4n) is 7.59. The highest BCUT2D eigenvalue weighted by molar-refractivity contribution is 5.94. The number of urea groups is 1. The van der Waals surface area contributed by atoms with Crippen molar-refractivity contribution in [1.29, 1.82) is 0 Å². The zero-order valence-electron chi connectivity index (χ0n) is 36.9. The number of aliphatic hydroxyl groups excluding tert-OH is 4. The smallest absolute Gasteiger partial charge is 0.330 e. The number of guanidine groups is 1. The van der Waals surface area contributed by atoms with Crippen LogP contribution in [0.15, 0.2) is 26.8 Å². The maximum Gasteiger partial charge on any atom is 0.330 e. The number of nitrogens with two attached hydrogens (primary N) is 2. The molecule has 4 heterocycles. The predicted octanol–water partition coefficient (Wildman–Crippen LogP) is -6.90. The van der Waals surface area contributed by atoms with E-state index in [1.165, 1.54) is 7.11 Å². The molecule has 0 spiro atoms. The summed E-state index contributed by atoms with van der Waals surface area (Å²) in [6.45, 7) is 5.89. The van der Waals surface area contributed by atoms with Crippen LogP contribution in [0.25, 0.3) is 0 Å². The molecule has 66 heavy (non-hydrogen) atoms. The molecular formula is C38H63N11O17. The molecule has 0 aliphatic carbocycles. The van der Waals surface area contributed by atoms with Crippen molar-refractivity contribution in [3.8, 4) is 0 Å². The average molecular weight is 946 g/mol. The first-order valence-corrected chi connectivity index (χ1v) is 21.2. The van der Waals surface area contributed by atoms with Gasteiger partial charge in [-0.25, -0.2) is 14.4 Å². The van der Waals surface area contributed by atoms with E-state index < -0.39 is 144 Å². The number of ether oxygens (including phenoxy) is 4. The van der Waals surface area contributed by atoms with Gasteiger partial charge in [0.2, 0.25) is 11.8 Å². The lowest BCUT2D eigenvalue weighted by molar-refractivity contribution is -0.231. The fourth-order valence-corrected chi connectivity index (χ4v) is 7.59. The summed E-state index contributed by atoms with van der Waals surface area (Å²) in [5.41, 5.74) is 9.80. The van der Waals surface area contributed by atoms with Gasteiger partial charge in [-0.3, -0.25) is 33.7 Å². The highest BCUT2D eigenvalue weighted by atomic mass is 16.7. The quantitative estimate of drug-likeness (QED) is 0.0453. The number of aliphatic hydroxyl groups is 4. The minimum absolute atomic E-state index is 0.0169. The van der Waals surface area contributed by atoms with Gasteiger partial charge >= 0.3 is 23.7 Å². The summed E-state index contributed by atoms with van der Waals surface area (Å²) in [4.78, 5) is 95.6. The second kappa shape index (κ2) is 23.9. The molecule has 372 valence electrons. The summed E-state index contributed by atoms with van der Waals surface area (Å²) in [7, 11) is 1.22. The number of carbonyl (C=O) groups excluding carboxylic acids is 3. The standard InChI is InChI=1S/C38H63N11O17/c1-14(2)19(33(57)58)47-37(61)48-20(16-7-11-43-36(40)44-16)31(56)46-21(23(51)15(3)4)30(55)42-10-6-9-41-22(34(59)60)27(66-35-29(63-5)24(52)17(13-39)64-35)28-25(53)26(54)32(65-28)49-12-8-18(50)45-38(49)62/h8,12,14-17,19-29,32,35,41,51-54H,6-7,9-11,13,39H2,1-5H3,(H,42,55)(H,46,56)(H,57,58)(H,59,60)(H3,40,43,44)(H,45,50,62)(H2,47,48,61)/t16?,17-,19?,20?,21?,22?,23?,24-,25?,26?,27?,28?,29-,32-,35+/m1/s1. The minimum atomic E-state index is -1.91. The summed E-state index contributed by atoms with van der Waals surface area (Å²) in [5.74, 6) is -5.85. The van der Waals surface area contributed by atoms with Crippen LogP contribution < -0.4 is 54.6 Å². The first kappa shape index (κ1) is 53.3. The van der Waals surface area contributed by atoms with Gasteiger partial charge in [-0.05, 0) is 31.2 Å². The van der Waals surface area contributed by atoms with Gasteiger partial charge in [-0.1, -0.05) is 27.7 Å². The first-order chi connectivity index (χ1) is 31.1. The van der Waals surface area contributed by atoms with Crippen molar-refractivity contribution >= 4 is 35.7 Å². The maximum atomic E-state index is 13.9. The Bertz CT molecular complexity index is 1990. The Balaban J connectivity index is 1.50. The molecule has 4 amide bonds. The minimum Gasteiger partial charge on any atom is -0.480 e. The van der Waals surface area contributed by atoms with E-state index in [9.17, 15) is 64.2 Å². The number of carboxylic acid groups (broad SMARTS) is 2. The normalized spacial score (nSPS) is 28.0. The summed E-state index contributed by atoms with van der Waals surface area (Å²) in [6.07, 6.45) is -14.3. The highest BCUT2D eigenvalue weighted by Gasteiger charge is 2.54. The van der Waals surface area contributed by atoms with Crippen molar-refractivity contribution in [2.24, 2.45) is 28.3 Å². The molecule has 2 fully saturated rings. The Morgan fingerprint density at radius 2 is 1.61 bits per heavy atom. The van der Waals surface area contributed by atoms with Crippen LogP contribution >= 0.6 is 0 Å². The lowest BCUT2D eigenvalue weighted by Gasteiger charge is -2.34. The zero-order valence-corrected chi connectivity index (χ0v) is 36.9. The number of hydrogen-bond acceptors (Lipinski definition) is 20. The van der Waals surface area contributed by atoms with Gasteiger partial charge in [0.05, 0.1) is 12.1 Å². The molecule has 4 rings (SSSR count). The molecule has 1 aromatic heterocycles. The largest absolute Gasteiger partial charge is 0.480 e. The Hall–Kier alpha value is -5.30. The number of aromatic amines is 1. The Morgan fingerprint density at radius 3 is 2.18 bits per heavy atom. The summed E-state index contributed by atoms with van der Waals surface area (Å²) < 4.78 is 23.8. The molecule has 17 N–H and O–H groups in total. The number of aromatic nitrogens is 2. The second-order valence-electron chi connectivity index (χ2n) is 16.7. The molecular weight excluding hydrogens is 882 g/mol. The number of amides is 4. The van der Waals surface area contributed by atoms with Crippen molar-refractivity contribution in [3.05, 3.63) is 33.1 Å². The van der Waals surface area contributed by atoms with Gasteiger partial charge in [0.1, 0.15) is 66.9 Å². The highest BCUT2D eigenvalue weighted by Crippen LogP contribution is 2.35. The van der Waals surface area contributed by atoms with Crippen LogP contribution in [-0.2, 0) is 38.1 Å². The Kier molecular flexibility index (Phi) is 19.3. The molecule has 0 bridgehead atoms. The molecule has 3 aliphatic rings. The number of carboxylic acids is 2. The number of carbonyl (C=O) groups is 5. The molecule has 28 heteroatoms. The van der Waals surface area contributed by atoms with Crippen molar-refractivity contribution in [1.82, 2.24) is 41.5 Å². The van der Waals surface area contributed by atoms with E-state index in [-0.39, 0.29) is 45.0 Å².